The standard InChI is InChI=1S/C22H19N3O2/c1-13-18(24-10-14-4-2-3-5-15(14)11-24)9-8-17-20(13)25(16-6-7-16)22(26)19-21(17)27-12-23-19/h2-5,8-9,12,16H,6-7,10-11H2,1H3. The lowest BCUT2D eigenvalue weighted by atomic mass is 10.1. The van der Waals surface area contributed by atoms with Crippen LogP contribution in [0.25, 0.3) is 22.0 Å². The molecule has 2 aliphatic rings. The predicted octanol–water partition coefficient (Wildman–Crippen LogP) is 4.31. The van der Waals surface area contributed by atoms with Gasteiger partial charge < -0.3 is 13.9 Å². The molecule has 1 aliphatic carbocycles. The molecule has 0 N–H and O–H groups in total. The van der Waals surface area contributed by atoms with Crippen LogP contribution >= 0.6 is 0 Å². The number of aryl methyl sites for hydroxylation is 1. The second-order valence-electron chi connectivity index (χ2n) is 7.67. The molecule has 27 heavy (non-hydrogen) atoms. The monoisotopic (exact) mass is 357 g/mol. The fourth-order valence-corrected chi connectivity index (χ4v) is 4.52. The molecule has 2 aromatic carbocycles. The van der Waals surface area contributed by atoms with E-state index >= 15 is 0 Å². The molecule has 5 heteroatoms. The van der Waals surface area contributed by atoms with Gasteiger partial charge in [-0.05, 0) is 48.6 Å². The highest BCUT2D eigenvalue weighted by Gasteiger charge is 2.30. The van der Waals surface area contributed by atoms with Crippen LogP contribution in [0, 0.1) is 6.92 Å². The van der Waals surface area contributed by atoms with Crippen LogP contribution in [0.15, 0.2) is 52.0 Å². The summed E-state index contributed by atoms with van der Waals surface area (Å²) in [7, 11) is 0. The van der Waals surface area contributed by atoms with E-state index in [9.17, 15) is 4.79 Å². The van der Waals surface area contributed by atoms with Crippen LogP contribution < -0.4 is 10.5 Å². The normalized spacial score (nSPS) is 16.4. The summed E-state index contributed by atoms with van der Waals surface area (Å²) in [5.74, 6) is 0. The average molecular weight is 357 g/mol. The van der Waals surface area contributed by atoms with Gasteiger partial charge in [0.15, 0.2) is 17.5 Å². The number of hydrogen-bond acceptors (Lipinski definition) is 4. The Balaban J connectivity index is 1.61. The van der Waals surface area contributed by atoms with Gasteiger partial charge >= 0.3 is 0 Å². The highest BCUT2D eigenvalue weighted by Crippen LogP contribution is 2.41. The Bertz CT molecular complexity index is 1260. The third kappa shape index (κ3) is 2.05. The zero-order valence-corrected chi connectivity index (χ0v) is 15.1. The van der Waals surface area contributed by atoms with E-state index < -0.39 is 0 Å². The van der Waals surface area contributed by atoms with E-state index in [-0.39, 0.29) is 11.6 Å². The highest BCUT2D eigenvalue weighted by atomic mass is 16.3. The molecule has 0 saturated heterocycles. The van der Waals surface area contributed by atoms with E-state index in [0.29, 0.717) is 11.1 Å². The maximum atomic E-state index is 13.1. The van der Waals surface area contributed by atoms with Crippen molar-refractivity contribution in [1.29, 1.82) is 0 Å². The number of nitrogens with zero attached hydrogens (tertiary/aromatic N) is 3. The Morgan fingerprint density at radius 1 is 1.07 bits per heavy atom. The molecule has 1 aliphatic heterocycles. The van der Waals surface area contributed by atoms with Crippen molar-refractivity contribution in [2.75, 3.05) is 4.90 Å². The number of rotatable bonds is 2. The van der Waals surface area contributed by atoms with E-state index in [1.54, 1.807) is 0 Å². The molecule has 3 heterocycles. The first kappa shape index (κ1) is 15.0. The SMILES string of the molecule is Cc1c(N2Cc3ccccc3C2)ccc2c3ocnc3c(=O)n(C3CC3)c12. The van der Waals surface area contributed by atoms with Crippen LogP contribution in [0.4, 0.5) is 5.69 Å². The lowest BCUT2D eigenvalue weighted by molar-refractivity contribution is 0.604. The summed E-state index contributed by atoms with van der Waals surface area (Å²) < 4.78 is 7.56. The summed E-state index contributed by atoms with van der Waals surface area (Å²) in [6.07, 6.45) is 3.48. The Labute approximate surface area is 155 Å². The molecule has 1 saturated carbocycles. The molecule has 2 aromatic heterocycles. The fourth-order valence-electron chi connectivity index (χ4n) is 4.52. The van der Waals surface area contributed by atoms with Crippen molar-refractivity contribution >= 4 is 27.7 Å². The second-order valence-corrected chi connectivity index (χ2v) is 7.67. The van der Waals surface area contributed by atoms with Gasteiger partial charge in [-0.1, -0.05) is 24.3 Å². The van der Waals surface area contributed by atoms with Crippen molar-refractivity contribution in [2.45, 2.75) is 38.9 Å². The van der Waals surface area contributed by atoms with Crippen molar-refractivity contribution in [3.8, 4) is 0 Å². The number of benzene rings is 2. The van der Waals surface area contributed by atoms with E-state index in [0.717, 1.165) is 42.4 Å². The van der Waals surface area contributed by atoms with Crippen molar-refractivity contribution in [3.63, 3.8) is 0 Å². The zero-order chi connectivity index (χ0) is 18.1. The van der Waals surface area contributed by atoms with Gasteiger partial charge in [-0.15, -0.1) is 0 Å². The van der Waals surface area contributed by atoms with Gasteiger partial charge in [-0.25, -0.2) is 4.98 Å². The van der Waals surface area contributed by atoms with Gasteiger partial charge in [0, 0.05) is 30.2 Å². The third-order valence-electron chi connectivity index (χ3n) is 5.97. The molecule has 0 amide bonds. The molecule has 0 atom stereocenters. The van der Waals surface area contributed by atoms with E-state index in [2.05, 4.69) is 53.2 Å². The third-order valence-corrected chi connectivity index (χ3v) is 5.97. The minimum Gasteiger partial charge on any atom is -0.443 e. The van der Waals surface area contributed by atoms with Crippen LogP contribution in [0.2, 0.25) is 0 Å². The van der Waals surface area contributed by atoms with Crippen molar-refractivity contribution in [2.24, 2.45) is 0 Å². The number of oxazole rings is 1. The van der Waals surface area contributed by atoms with Crippen molar-refractivity contribution in [3.05, 3.63) is 69.8 Å². The smallest absolute Gasteiger partial charge is 0.281 e. The second kappa shape index (κ2) is 5.22. The van der Waals surface area contributed by atoms with Crippen molar-refractivity contribution in [1.82, 2.24) is 9.55 Å². The zero-order valence-electron chi connectivity index (χ0n) is 15.1. The quantitative estimate of drug-likeness (QED) is 0.536. The maximum Gasteiger partial charge on any atom is 0.281 e. The Morgan fingerprint density at radius 2 is 1.81 bits per heavy atom. The van der Waals surface area contributed by atoms with Gasteiger partial charge in [-0.2, -0.15) is 0 Å². The summed E-state index contributed by atoms with van der Waals surface area (Å²) in [6, 6.07) is 13.1. The highest BCUT2D eigenvalue weighted by molar-refractivity contribution is 6.03. The largest absolute Gasteiger partial charge is 0.443 e. The van der Waals surface area contributed by atoms with E-state index in [4.69, 9.17) is 4.42 Å². The average Bonchev–Trinajstić information content (AvgIpc) is 3.22. The minimum absolute atomic E-state index is 0.0290. The summed E-state index contributed by atoms with van der Waals surface area (Å²) in [4.78, 5) is 19.7. The molecule has 134 valence electrons. The summed E-state index contributed by atoms with van der Waals surface area (Å²) in [6.45, 7) is 3.93. The minimum atomic E-state index is -0.0290. The summed E-state index contributed by atoms with van der Waals surface area (Å²) in [5.41, 5.74) is 7.10. The molecule has 1 fully saturated rings. The maximum absolute atomic E-state index is 13.1. The van der Waals surface area contributed by atoms with Gasteiger partial charge in [0.2, 0.25) is 0 Å². The Morgan fingerprint density at radius 3 is 2.52 bits per heavy atom. The van der Waals surface area contributed by atoms with Crippen LogP contribution in [0.5, 0.6) is 0 Å². The van der Waals surface area contributed by atoms with Gasteiger partial charge in [0.05, 0.1) is 5.52 Å². The molecule has 5 nitrogen and oxygen atoms in total. The van der Waals surface area contributed by atoms with Gasteiger partial charge in [0.1, 0.15) is 0 Å². The summed E-state index contributed by atoms with van der Waals surface area (Å²) in [5, 5.41) is 0.979. The Kier molecular flexibility index (Phi) is 2.91. The molecule has 0 unspecified atom stereocenters. The van der Waals surface area contributed by atoms with Crippen LogP contribution in [0.3, 0.4) is 0 Å². The van der Waals surface area contributed by atoms with Crippen LogP contribution in [0.1, 0.15) is 35.6 Å². The Hall–Kier alpha value is -3.08. The number of aromatic nitrogens is 2. The molecule has 0 spiro atoms. The van der Waals surface area contributed by atoms with Crippen LogP contribution in [-0.4, -0.2) is 9.55 Å². The first-order valence-electron chi connectivity index (χ1n) is 9.45. The van der Waals surface area contributed by atoms with E-state index in [1.807, 2.05) is 4.57 Å². The molecular formula is C22H19N3O2. The summed E-state index contributed by atoms with van der Waals surface area (Å²) >= 11 is 0. The first-order chi connectivity index (χ1) is 13.2. The lowest BCUT2D eigenvalue weighted by Gasteiger charge is -2.23. The predicted molar refractivity (Wildman–Crippen MR) is 105 cm³/mol. The first-order valence-corrected chi connectivity index (χ1v) is 9.45. The molecule has 0 radical (unpaired) electrons. The fraction of sp³-hybridized carbons (Fsp3) is 0.273. The number of fused-ring (bicyclic) bond motifs is 4. The molecule has 0 bridgehead atoms. The number of anilines is 1. The molecule has 6 rings (SSSR count). The molecular weight excluding hydrogens is 338 g/mol. The lowest BCUT2D eigenvalue weighted by Crippen LogP contribution is -2.22. The number of pyridine rings is 1. The van der Waals surface area contributed by atoms with Crippen LogP contribution in [-0.2, 0) is 13.1 Å². The molecule has 4 aromatic rings. The van der Waals surface area contributed by atoms with Gasteiger partial charge in [-0.3, -0.25) is 4.79 Å². The number of hydrogen-bond donors (Lipinski definition) is 0. The van der Waals surface area contributed by atoms with Crippen molar-refractivity contribution < 1.29 is 4.42 Å². The van der Waals surface area contributed by atoms with Gasteiger partial charge in [0.25, 0.3) is 5.56 Å². The van der Waals surface area contributed by atoms with E-state index in [1.165, 1.54) is 23.2 Å². The topological polar surface area (TPSA) is 51.3 Å².